The van der Waals surface area contributed by atoms with Crippen molar-refractivity contribution >= 4 is 11.0 Å². The van der Waals surface area contributed by atoms with Gasteiger partial charge in [-0.2, -0.15) is 5.26 Å². The quantitative estimate of drug-likeness (QED) is 0.789. The van der Waals surface area contributed by atoms with E-state index < -0.39 is 5.41 Å². The number of hydrogen-bond donors (Lipinski definition) is 1. The monoisotopic (exact) mass is 303 g/mol. The SMILES string of the molecule is N#CC1(c2nc3ccccc3[nH]2)CC1c1cccc2c1OCO2. The molecule has 2 aromatic carbocycles. The summed E-state index contributed by atoms with van der Waals surface area (Å²) in [7, 11) is 0. The minimum Gasteiger partial charge on any atom is -0.454 e. The number of H-pyrrole nitrogens is 1. The lowest BCUT2D eigenvalue weighted by atomic mass is 9.99. The van der Waals surface area contributed by atoms with Crippen molar-refractivity contribution in [1.29, 1.82) is 5.26 Å². The standard InChI is InChI=1S/C18H13N3O2/c19-9-18(17-20-13-5-1-2-6-14(13)21-17)8-12(18)11-4-3-7-15-16(11)23-10-22-15/h1-7,12H,8,10H2,(H,20,21). The molecule has 2 atom stereocenters. The van der Waals surface area contributed by atoms with Gasteiger partial charge in [0.2, 0.25) is 6.79 Å². The molecule has 5 rings (SSSR count). The van der Waals surface area contributed by atoms with Crippen LogP contribution in [0.1, 0.15) is 23.7 Å². The normalized spacial score (nSPS) is 24.6. The van der Waals surface area contributed by atoms with Gasteiger partial charge in [-0.05, 0) is 24.6 Å². The lowest BCUT2D eigenvalue weighted by Crippen LogP contribution is -2.09. The summed E-state index contributed by atoms with van der Waals surface area (Å²) in [5.41, 5.74) is 2.27. The van der Waals surface area contributed by atoms with Crippen molar-refractivity contribution in [3.63, 3.8) is 0 Å². The van der Waals surface area contributed by atoms with Crippen LogP contribution in [-0.4, -0.2) is 16.8 Å². The van der Waals surface area contributed by atoms with Gasteiger partial charge in [-0.1, -0.05) is 24.3 Å². The highest BCUT2D eigenvalue weighted by atomic mass is 16.7. The van der Waals surface area contributed by atoms with Crippen LogP contribution >= 0.6 is 0 Å². The first kappa shape index (κ1) is 12.5. The molecule has 1 aliphatic carbocycles. The minimum atomic E-state index is -0.611. The summed E-state index contributed by atoms with van der Waals surface area (Å²) in [6.45, 7) is 0.239. The van der Waals surface area contributed by atoms with Crippen LogP contribution in [0.15, 0.2) is 42.5 Å². The number of para-hydroxylation sites is 3. The van der Waals surface area contributed by atoms with Gasteiger partial charge in [0.15, 0.2) is 11.5 Å². The van der Waals surface area contributed by atoms with Crippen LogP contribution in [0.3, 0.4) is 0 Å². The van der Waals surface area contributed by atoms with Crippen molar-refractivity contribution in [3.05, 3.63) is 53.9 Å². The molecule has 112 valence electrons. The highest BCUT2D eigenvalue weighted by molar-refractivity contribution is 5.75. The molecule has 1 saturated carbocycles. The molecule has 2 unspecified atom stereocenters. The van der Waals surface area contributed by atoms with E-state index in [1.54, 1.807) is 0 Å². The molecular weight excluding hydrogens is 290 g/mol. The molecule has 1 aliphatic heterocycles. The zero-order valence-corrected chi connectivity index (χ0v) is 12.2. The molecule has 2 heterocycles. The zero-order valence-electron chi connectivity index (χ0n) is 12.2. The lowest BCUT2D eigenvalue weighted by molar-refractivity contribution is 0.173. The maximum atomic E-state index is 9.83. The molecule has 2 aliphatic rings. The van der Waals surface area contributed by atoms with E-state index >= 15 is 0 Å². The Hall–Kier alpha value is -3.00. The second-order valence-electron chi connectivity index (χ2n) is 6.02. The van der Waals surface area contributed by atoms with Crippen LogP contribution in [0.4, 0.5) is 0 Å². The van der Waals surface area contributed by atoms with Gasteiger partial charge < -0.3 is 14.5 Å². The molecule has 1 N–H and O–H groups in total. The average molecular weight is 303 g/mol. The largest absolute Gasteiger partial charge is 0.454 e. The third-order valence-corrected chi connectivity index (χ3v) is 4.77. The second kappa shape index (κ2) is 4.26. The molecular formula is C18H13N3O2. The fourth-order valence-electron chi connectivity index (χ4n) is 3.47. The summed E-state index contributed by atoms with van der Waals surface area (Å²) in [5.74, 6) is 2.34. The van der Waals surface area contributed by atoms with Crippen molar-refractivity contribution in [2.24, 2.45) is 0 Å². The number of nitrogens with one attached hydrogen (secondary N) is 1. The number of imidazole rings is 1. The van der Waals surface area contributed by atoms with E-state index in [9.17, 15) is 5.26 Å². The summed E-state index contributed by atoms with van der Waals surface area (Å²) in [4.78, 5) is 7.95. The number of ether oxygens (including phenoxy) is 2. The Morgan fingerprint density at radius 2 is 2.09 bits per heavy atom. The predicted octanol–water partition coefficient (Wildman–Crippen LogP) is 3.24. The molecule has 3 aromatic rings. The minimum absolute atomic E-state index is 0.0738. The lowest BCUT2D eigenvalue weighted by Gasteiger charge is -2.08. The first-order valence-electron chi connectivity index (χ1n) is 7.57. The summed E-state index contributed by atoms with van der Waals surface area (Å²) in [6, 6.07) is 16.2. The van der Waals surface area contributed by atoms with Crippen LogP contribution in [0.5, 0.6) is 11.5 Å². The summed E-state index contributed by atoms with van der Waals surface area (Å²) in [6.07, 6.45) is 0.739. The Balaban J connectivity index is 1.60. The Morgan fingerprint density at radius 3 is 2.96 bits per heavy atom. The molecule has 0 bridgehead atoms. The Morgan fingerprint density at radius 1 is 1.17 bits per heavy atom. The molecule has 0 radical (unpaired) electrons. The highest BCUT2D eigenvalue weighted by Gasteiger charge is 2.60. The fraction of sp³-hybridized carbons (Fsp3) is 0.222. The molecule has 1 fully saturated rings. The van der Waals surface area contributed by atoms with E-state index in [0.29, 0.717) is 0 Å². The molecule has 5 nitrogen and oxygen atoms in total. The van der Waals surface area contributed by atoms with Crippen LogP contribution in [0.25, 0.3) is 11.0 Å². The van der Waals surface area contributed by atoms with Gasteiger partial charge >= 0.3 is 0 Å². The number of aromatic amines is 1. The number of rotatable bonds is 2. The second-order valence-corrected chi connectivity index (χ2v) is 6.02. The van der Waals surface area contributed by atoms with Gasteiger partial charge in [-0.25, -0.2) is 4.98 Å². The van der Waals surface area contributed by atoms with Crippen LogP contribution in [0, 0.1) is 11.3 Å². The average Bonchev–Trinajstić information content (AvgIpc) is 2.95. The van der Waals surface area contributed by atoms with Crippen molar-refractivity contribution in [2.45, 2.75) is 17.8 Å². The van der Waals surface area contributed by atoms with Gasteiger partial charge in [-0.3, -0.25) is 0 Å². The maximum Gasteiger partial charge on any atom is 0.231 e. The number of fused-ring (bicyclic) bond motifs is 2. The van der Waals surface area contributed by atoms with Crippen molar-refractivity contribution in [2.75, 3.05) is 6.79 Å². The fourth-order valence-corrected chi connectivity index (χ4v) is 3.47. The highest BCUT2D eigenvalue weighted by Crippen LogP contribution is 2.62. The number of nitrogens with zero attached hydrogens (tertiary/aromatic N) is 2. The van der Waals surface area contributed by atoms with E-state index in [1.807, 2.05) is 42.5 Å². The van der Waals surface area contributed by atoms with E-state index in [0.717, 1.165) is 40.3 Å². The summed E-state index contributed by atoms with van der Waals surface area (Å²) in [5, 5.41) is 9.83. The van der Waals surface area contributed by atoms with Crippen LogP contribution in [-0.2, 0) is 5.41 Å². The maximum absolute atomic E-state index is 9.83. The van der Waals surface area contributed by atoms with Crippen LogP contribution in [0.2, 0.25) is 0 Å². The molecule has 23 heavy (non-hydrogen) atoms. The van der Waals surface area contributed by atoms with Gasteiger partial charge in [0.25, 0.3) is 0 Å². The smallest absolute Gasteiger partial charge is 0.231 e. The van der Waals surface area contributed by atoms with Gasteiger partial charge in [0.05, 0.1) is 17.1 Å². The van der Waals surface area contributed by atoms with Gasteiger partial charge in [0.1, 0.15) is 11.2 Å². The first-order chi connectivity index (χ1) is 11.3. The van der Waals surface area contributed by atoms with Crippen molar-refractivity contribution in [1.82, 2.24) is 9.97 Å². The molecule has 0 saturated heterocycles. The predicted molar refractivity (Wildman–Crippen MR) is 83.3 cm³/mol. The first-order valence-corrected chi connectivity index (χ1v) is 7.57. The third kappa shape index (κ3) is 1.63. The van der Waals surface area contributed by atoms with E-state index in [1.165, 1.54) is 0 Å². The van der Waals surface area contributed by atoms with E-state index in [2.05, 4.69) is 16.0 Å². The van der Waals surface area contributed by atoms with Gasteiger partial charge in [0, 0.05) is 11.5 Å². The topological polar surface area (TPSA) is 70.9 Å². The number of hydrogen-bond acceptors (Lipinski definition) is 4. The third-order valence-electron chi connectivity index (χ3n) is 4.77. The number of nitriles is 1. The number of benzene rings is 2. The number of aromatic nitrogens is 2. The molecule has 5 heteroatoms. The Kier molecular flexibility index (Phi) is 2.32. The van der Waals surface area contributed by atoms with Gasteiger partial charge in [-0.15, -0.1) is 0 Å². The van der Waals surface area contributed by atoms with E-state index in [4.69, 9.17) is 9.47 Å². The van der Waals surface area contributed by atoms with E-state index in [-0.39, 0.29) is 12.7 Å². The molecule has 0 amide bonds. The Labute approximate surface area is 132 Å². The van der Waals surface area contributed by atoms with Crippen LogP contribution < -0.4 is 9.47 Å². The van der Waals surface area contributed by atoms with Crippen molar-refractivity contribution < 1.29 is 9.47 Å². The molecule has 1 aromatic heterocycles. The Bertz CT molecular complexity index is 939. The van der Waals surface area contributed by atoms with Crippen molar-refractivity contribution in [3.8, 4) is 17.6 Å². The zero-order chi connectivity index (χ0) is 15.4. The summed E-state index contributed by atoms with van der Waals surface area (Å²) < 4.78 is 11.0. The molecule has 0 spiro atoms. The summed E-state index contributed by atoms with van der Waals surface area (Å²) >= 11 is 0.